The van der Waals surface area contributed by atoms with E-state index in [2.05, 4.69) is 0 Å². The normalized spacial score (nSPS) is 25.8. The third-order valence-corrected chi connectivity index (χ3v) is 2.34. The molecule has 1 aromatic rings. The lowest BCUT2D eigenvalue weighted by atomic mass is 10.1. The molecule has 0 saturated carbocycles. The van der Waals surface area contributed by atoms with Gasteiger partial charge in [0.1, 0.15) is 0 Å². The largest absolute Gasteiger partial charge is 0.348 e. The van der Waals surface area contributed by atoms with E-state index in [1.807, 2.05) is 6.92 Å². The van der Waals surface area contributed by atoms with Crippen LogP contribution in [0.1, 0.15) is 18.8 Å². The van der Waals surface area contributed by atoms with E-state index in [9.17, 15) is 13.2 Å². The van der Waals surface area contributed by atoms with Crippen LogP contribution in [0.25, 0.3) is 0 Å². The standard InChI is InChI=1S/C11H11F3O2/c1-6-4-15-11(16-5-6)7-2-8(12)10(14)9(13)3-7/h2-3,6,11H,4-5H2,1H3. The molecule has 16 heavy (non-hydrogen) atoms. The van der Waals surface area contributed by atoms with Crippen molar-refractivity contribution in [2.24, 2.45) is 5.92 Å². The van der Waals surface area contributed by atoms with Gasteiger partial charge in [-0.25, -0.2) is 13.2 Å². The smallest absolute Gasteiger partial charge is 0.194 e. The van der Waals surface area contributed by atoms with Crippen molar-refractivity contribution in [3.8, 4) is 0 Å². The summed E-state index contributed by atoms with van der Waals surface area (Å²) in [7, 11) is 0. The third-order valence-electron chi connectivity index (χ3n) is 2.34. The average molecular weight is 232 g/mol. The number of halogens is 3. The summed E-state index contributed by atoms with van der Waals surface area (Å²) < 4.78 is 49.1. The van der Waals surface area contributed by atoms with E-state index in [0.717, 1.165) is 12.1 Å². The van der Waals surface area contributed by atoms with Gasteiger partial charge in [-0.3, -0.25) is 0 Å². The average Bonchev–Trinajstić information content (AvgIpc) is 2.26. The van der Waals surface area contributed by atoms with Gasteiger partial charge < -0.3 is 9.47 Å². The highest BCUT2D eigenvalue weighted by molar-refractivity contribution is 5.20. The van der Waals surface area contributed by atoms with E-state index < -0.39 is 23.7 Å². The number of rotatable bonds is 1. The Hall–Kier alpha value is -1.07. The molecule has 1 aromatic carbocycles. The maximum Gasteiger partial charge on any atom is 0.194 e. The summed E-state index contributed by atoms with van der Waals surface area (Å²) in [6.45, 7) is 2.83. The van der Waals surface area contributed by atoms with Gasteiger partial charge in [0.15, 0.2) is 23.7 Å². The van der Waals surface area contributed by atoms with Crippen LogP contribution in [0, 0.1) is 23.4 Å². The van der Waals surface area contributed by atoms with E-state index in [-0.39, 0.29) is 11.5 Å². The molecular weight excluding hydrogens is 221 g/mol. The van der Waals surface area contributed by atoms with Gasteiger partial charge >= 0.3 is 0 Å². The van der Waals surface area contributed by atoms with Crippen molar-refractivity contribution in [1.82, 2.24) is 0 Å². The van der Waals surface area contributed by atoms with Crippen molar-refractivity contribution in [3.05, 3.63) is 35.1 Å². The Morgan fingerprint density at radius 1 is 1.06 bits per heavy atom. The van der Waals surface area contributed by atoms with E-state index in [1.54, 1.807) is 0 Å². The molecule has 2 rings (SSSR count). The molecule has 1 aliphatic heterocycles. The lowest BCUT2D eigenvalue weighted by Crippen LogP contribution is -2.25. The van der Waals surface area contributed by atoms with Crippen molar-refractivity contribution in [3.63, 3.8) is 0 Å². The Labute approximate surface area is 91.0 Å². The molecule has 0 unspecified atom stereocenters. The number of ether oxygens (including phenoxy) is 2. The Morgan fingerprint density at radius 2 is 1.56 bits per heavy atom. The summed E-state index contributed by atoms with van der Waals surface area (Å²) in [5, 5.41) is 0. The molecule has 1 aliphatic rings. The minimum atomic E-state index is -1.48. The second-order valence-electron chi connectivity index (χ2n) is 3.90. The quantitative estimate of drug-likeness (QED) is 0.693. The molecule has 1 saturated heterocycles. The number of hydrogen-bond acceptors (Lipinski definition) is 2. The summed E-state index contributed by atoms with van der Waals surface area (Å²) in [6.07, 6.45) is -0.819. The van der Waals surface area contributed by atoms with Crippen molar-refractivity contribution in [1.29, 1.82) is 0 Å². The van der Waals surface area contributed by atoms with E-state index >= 15 is 0 Å². The van der Waals surface area contributed by atoms with Crippen molar-refractivity contribution < 1.29 is 22.6 Å². The van der Waals surface area contributed by atoms with Crippen molar-refractivity contribution in [2.75, 3.05) is 13.2 Å². The van der Waals surface area contributed by atoms with Gasteiger partial charge in [0.25, 0.3) is 0 Å². The molecule has 88 valence electrons. The molecule has 0 spiro atoms. The van der Waals surface area contributed by atoms with Gasteiger partial charge in [0.05, 0.1) is 13.2 Å². The Balaban J connectivity index is 2.21. The van der Waals surface area contributed by atoms with Gasteiger partial charge in [-0.1, -0.05) is 6.92 Å². The van der Waals surface area contributed by atoms with Crippen LogP contribution in [-0.4, -0.2) is 13.2 Å². The van der Waals surface area contributed by atoms with E-state index in [1.165, 1.54) is 0 Å². The highest BCUT2D eigenvalue weighted by atomic mass is 19.2. The first-order valence-corrected chi connectivity index (χ1v) is 4.95. The van der Waals surface area contributed by atoms with Crippen LogP contribution in [-0.2, 0) is 9.47 Å². The molecule has 5 heteroatoms. The highest BCUT2D eigenvalue weighted by Gasteiger charge is 2.23. The zero-order valence-corrected chi connectivity index (χ0v) is 8.67. The molecule has 2 nitrogen and oxygen atoms in total. The maximum atomic E-state index is 12.9. The fourth-order valence-electron chi connectivity index (χ4n) is 1.50. The minimum absolute atomic E-state index is 0.156. The first-order valence-electron chi connectivity index (χ1n) is 4.95. The molecule has 0 aliphatic carbocycles. The predicted molar refractivity (Wildman–Crippen MR) is 50.1 cm³/mol. The molecule has 0 aromatic heterocycles. The second-order valence-corrected chi connectivity index (χ2v) is 3.90. The Kier molecular flexibility index (Phi) is 3.16. The van der Waals surface area contributed by atoms with Gasteiger partial charge in [-0.05, 0) is 12.1 Å². The van der Waals surface area contributed by atoms with Gasteiger partial charge in [-0.15, -0.1) is 0 Å². The monoisotopic (exact) mass is 232 g/mol. The van der Waals surface area contributed by atoms with Crippen molar-refractivity contribution >= 4 is 0 Å². The molecule has 1 fully saturated rings. The lowest BCUT2D eigenvalue weighted by molar-refractivity contribution is -0.202. The summed E-state index contributed by atoms with van der Waals surface area (Å²) >= 11 is 0. The topological polar surface area (TPSA) is 18.5 Å². The van der Waals surface area contributed by atoms with Gasteiger partial charge in [0, 0.05) is 11.5 Å². The Bertz CT molecular complexity index is 364. The zero-order valence-electron chi connectivity index (χ0n) is 8.67. The third kappa shape index (κ3) is 2.20. The first kappa shape index (κ1) is 11.4. The molecule has 0 bridgehead atoms. The lowest BCUT2D eigenvalue weighted by Gasteiger charge is -2.27. The molecular formula is C11H11F3O2. The minimum Gasteiger partial charge on any atom is -0.348 e. The number of hydrogen-bond donors (Lipinski definition) is 0. The van der Waals surface area contributed by atoms with Crippen LogP contribution in [0.15, 0.2) is 12.1 Å². The molecule has 0 atom stereocenters. The van der Waals surface area contributed by atoms with Crippen LogP contribution in [0.3, 0.4) is 0 Å². The fraction of sp³-hybridized carbons (Fsp3) is 0.455. The molecule has 0 amide bonds. The van der Waals surface area contributed by atoms with Gasteiger partial charge in [0.2, 0.25) is 0 Å². The zero-order chi connectivity index (χ0) is 11.7. The highest BCUT2D eigenvalue weighted by Crippen LogP contribution is 2.27. The predicted octanol–water partition coefficient (Wildman–Crippen LogP) is 2.79. The summed E-state index contributed by atoms with van der Waals surface area (Å²) in [5.74, 6) is -3.71. The van der Waals surface area contributed by atoms with Crippen LogP contribution >= 0.6 is 0 Å². The van der Waals surface area contributed by atoms with Crippen LogP contribution in [0.5, 0.6) is 0 Å². The first-order chi connectivity index (χ1) is 7.58. The van der Waals surface area contributed by atoms with Gasteiger partial charge in [-0.2, -0.15) is 0 Å². The van der Waals surface area contributed by atoms with E-state index in [0.29, 0.717) is 13.2 Å². The Morgan fingerprint density at radius 3 is 2.06 bits per heavy atom. The molecule has 1 heterocycles. The van der Waals surface area contributed by atoms with Crippen LogP contribution < -0.4 is 0 Å². The summed E-state index contributed by atoms with van der Waals surface area (Å²) in [6, 6.07) is 1.78. The summed E-state index contributed by atoms with van der Waals surface area (Å²) in [5.41, 5.74) is 0.156. The molecule has 0 radical (unpaired) electrons. The number of benzene rings is 1. The molecule has 0 N–H and O–H groups in total. The fourth-order valence-corrected chi connectivity index (χ4v) is 1.50. The van der Waals surface area contributed by atoms with Crippen LogP contribution in [0.4, 0.5) is 13.2 Å². The SMILES string of the molecule is CC1COC(c2cc(F)c(F)c(F)c2)OC1. The summed E-state index contributed by atoms with van der Waals surface area (Å²) in [4.78, 5) is 0. The van der Waals surface area contributed by atoms with Crippen molar-refractivity contribution in [2.45, 2.75) is 13.2 Å². The maximum absolute atomic E-state index is 12.9. The second kappa shape index (κ2) is 4.43. The van der Waals surface area contributed by atoms with E-state index in [4.69, 9.17) is 9.47 Å². The van der Waals surface area contributed by atoms with Crippen LogP contribution in [0.2, 0.25) is 0 Å².